The third-order valence-electron chi connectivity index (χ3n) is 6.66. The number of alkyl halides is 7. The molecule has 0 spiro atoms. The molecule has 15 heteroatoms. The fraction of sp³-hybridized carbons (Fsp3) is 0.542. The molecule has 2 atom stereocenters. The quantitative estimate of drug-likeness (QED) is 0.471. The zero-order valence-electron chi connectivity index (χ0n) is 19.8. The molecule has 1 aromatic heterocycles. The summed E-state index contributed by atoms with van der Waals surface area (Å²) < 4.78 is 112. The number of likely N-dealkylation sites (tertiary alicyclic amines) is 1. The summed E-state index contributed by atoms with van der Waals surface area (Å²) in [7, 11) is 0. The van der Waals surface area contributed by atoms with E-state index < -0.39 is 85.0 Å². The Labute approximate surface area is 219 Å². The van der Waals surface area contributed by atoms with Crippen molar-refractivity contribution in [2.75, 3.05) is 42.9 Å². The van der Waals surface area contributed by atoms with Crippen molar-refractivity contribution in [3.63, 3.8) is 0 Å². The lowest BCUT2D eigenvalue weighted by atomic mass is 9.92. The molecule has 0 radical (unpaired) electrons. The average molecular weight is 569 g/mol. The van der Waals surface area contributed by atoms with Crippen LogP contribution in [0.5, 0.6) is 0 Å². The fourth-order valence-corrected chi connectivity index (χ4v) is 4.80. The lowest BCUT2D eigenvalue weighted by molar-refractivity contribution is -0.137. The molecule has 4 rings (SSSR count). The van der Waals surface area contributed by atoms with Gasteiger partial charge in [0.25, 0.3) is 11.8 Å². The zero-order chi connectivity index (χ0) is 27.9. The second-order valence-electron chi connectivity index (χ2n) is 9.49. The minimum atomic E-state index is -4.62. The molecule has 1 aromatic carbocycles. The normalized spacial score (nSPS) is 22.8. The minimum absolute atomic E-state index is 0. The topological polar surface area (TPSA) is 87.4 Å². The van der Waals surface area contributed by atoms with Crippen molar-refractivity contribution in [1.82, 2.24) is 14.9 Å². The summed E-state index contributed by atoms with van der Waals surface area (Å²) in [5.41, 5.74) is 4.20. The Morgan fingerprint density at radius 1 is 1.10 bits per heavy atom. The summed E-state index contributed by atoms with van der Waals surface area (Å²) >= 11 is 0. The van der Waals surface area contributed by atoms with E-state index in [1.807, 2.05) is 0 Å². The van der Waals surface area contributed by atoms with Gasteiger partial charge in [0.2, 0.25) is 11.7 Å². The van der Waals surface area contributed by atoms with E-state index in [1.165, 1.54) is 4.90 Å². The molecule has 2 aliphatic heterocycles. The Morgan fingerprint density at radius 2 is 1.77 bits per heavy atom. The summed E-state index contributed by atoms with van der Waals surface area (Å²) in [5, 5.41) is 2.50. The summed E-state index contributed by atoms with van der Waals surface area (Å²) in [6.07, 6.45) is -4.55. The third kappa shape index (κ3) is 6.86. The van der Waals surface area contributed by atoms with Crippen LogP contribution in [-0.2, 0) is 11.0 Å². The number of piperidine rings is 1. The molecule has 2 fully saturated rings. The molecule has 0 bridgehead atoms. The third-order valence-corrected chi connectivity index (χ3v) is 6.66. The van der Waals surface area contributed by atoms with Gasteiger partial charge in [0.15, 0.2) is 11.6 Å². The fourth-order valence-electron chi connectivity index (χ4n) is 4.80. The molecule has 39 heavy (non-hydrogen) atoms. The van der Waals surface area contributed by atoms with Gasteiger partial charge in [-0.2, -0.15) is 17.6 Å². The highest BCUT2D eigenvalue weighted by atomic mass is 19.4. The molecule has 0 unspecified atom stereocenters. The Kier molecular flexibility index (Phi) is 8.63. The molecule has 2 aliphatic rings. The number of carbonyl (C=O) groups excluding carboxylic acids is 1. The van der Waals surface area contributed by atoms with Gasteiger partial charge in [0.05, 0.1) is 31.2 Å². The van der Waals surface area contributed by atoms with Crippen LogP contribution in [0, 0.1) is 11.7 Å². The Morgan fingerprint density at radius 3 is 2.36 bits per heavy atom. The zero-order valence-corrected chi connectivity index (χ0v) is 19.8. The maximum atomic E-state index is 15.4. The molecule has 3 heterocycles. The van der Waals surface area contributed by atoms with Crippen molar-refractivity contribution < 1.29 is 39.9 Å². The first kappa shape index (κ1) is 30.3. The number of rotatable bonds is 7. The van der Waals surface area contributed by atoms with Crippen LogP contribution in [0.1, 0.15) is 37.4 Å². The van der Waals surface area contributed by atoms with Gasteiger partial charge in [0, 0.05) is 18.9 Å². The van der Waals surface area contributed by atoms with Gasteiger partial charge >= 0.3 is 6.18 Å². The van der Waals surface area contributed by atoms with Gasteiger partial charge in [-0.25, -0.2) is 27.5 Å². The first-order chi connectivity index (χ1) is 17.7. The lowest BCUT2D eigenvalue weighted by Gasteiger charge is -2.37. The summed E-state index contributed by atoms with van der Waals surface area (Å²) in [4.78, 5) is 20.7. The van der Waals surface area contributed by atoms with E-state index in [2.05, 4.69) is 15.3 Å². The molecular weight excluding hydrogens is 540 g/mol. The monoisotopic (exact) mass is 568 g/mol. The Balaban J connectivity index is 0.00000420. The number of primary amides is 1. The van der Waals surface area contributed by atoms with E-state index in [-0.39, 0.29) is 32.5 Å². The number of nitrogens with one attached hydrogen (secondary N) is 1. The SMILES string of the molecule is C.NC(=O)CN1CC[C@H](CNc2ncnc(N3CC(F)(F)C[C@@H]3c3ccc(C(F)(F)F)cc3)c2F)C(F)(F)C1. The molecule has 0 saturated carbocycles. The number of amides is 1. The largest absolute Gasteiger partial charge is 0.416 e. The second kappa shape index (κ2) is 11.1. The summed E-state index contributed by atoms with van der Waals surface area (Å²) in [6.45, 7) is -2.22. The minimum Gasteiger partial charge on any atom is -0.369 e. The van der Waals surface area contributed by atoms with Crippen LogP contribution in [-0.4, -0.2) is 65.3 Å². The van der Waals surface area contributed by atoms with Crippen LogP contribution in [0.15, 0.2) is 30.6 Å². The molecule has 1 amide bonds. The number of nitrogens with zero attached hydrogens (tertiary/aromatic N) is 4. The van der Waals surface area contributed by atoms with E-state index in [4.69, 9.17) is 5.73 Å². The van der Waals surface area contributed by atoms with Crippen molar-refractivity contribution in [2.24, 2.45) is 11.7 Å². The molecule has 2 aromatic rings. The van der Waals surface area contributed by atoms with Crippen LogP contribution >= 0.6 is 0 Å². The van der Waals surface area contributed by atoms with Gasteiger partial charge < -0.3 is 16.0 Å². The van der Waals surface area contributed by atoms with Gasteiger partial charge in [0.1, 0.15) is 6.33 Å². The van der Waals surface area contributed by atoms with E-state index in [0.717, 1.165) is 35.5 Å². The highest BCUT2D eigenvalue weighted by molar-refractivity contribution is 5.75. The number of hydrogen-bond acceptors (Lipinski definition) is 6. The number of aromatic nitrogens is 2. The number of anilines is 2. The Hall–Kier alpha value is -3.23. The van der Waals surface area contributed by atoms with Gasteiger partial charge in [-0.05, 0) is 30.7 Å². The van der Waals surface area contributed by atoms with Gasteiger partial charge in [-0.1, -0.05) is 19.6 Å². The molecule has 2 saturated heterocycles. The number of halogens is 8. The smallest absolute Gasteiger partial charge is 0.369 e. The molecule has 216 valence electrons. The van der Waals surface area contributed by atoms with Crippen LogP contribution < -0.4 is 16.0 Å². The summed E-state index contributed by atoms with van der Waals surface area (Å²) in [6, 6.07) is 2.41. The molecular formula is C24H28F8N6O. The highest BCUT2D eigenvalue weighted by Gasteiger charge is 2.48. The average Bonchev–Trinajstić information content (AvgIpc) is 3.13. The molecule has 7 nitrogen and oxygen atoms in total. The number of hydrogen-bond donors (Lipinski definition) is 2. The van der Waals surface area contributed by atoms with E-state index >= 15 is 4.39 Å². The van der Waals surface area contributed by atoms with Crippen molar-refractivity contribution >= 4 is 17.5 Å². The first-order valence-corrected chi connectivity index (χ1v) is 11.6. The highest BCUT2D eigenvalue weighted by Crippen LogP contribution is 2.44. The standard InChI is InChI=1S/C23H24F8N6O.CH4/c24-18-19(33-8-15-5-6-36(9-17(32)38)11-22(15,27)28)34-12-35-20(18)37-10-21(25,26)7-16(37)13-1-3-14(4-2-13)23(29,30)31;/h1-4,12,15-16H,5-11H2,(H2,32,38)(H,33,34,35);1H4/t15-,16-;/m1./s1. The number of nitrogens with two attached hydrogens (primary N) is 1. The van der Waals surface area contributed by atoms with Crippen molar-refractivity contribution in [2.45, 2.75) is 44.3 Å². The number of carbonyl (C=O) groups is 1. The predicted molar refractivity (Wildman–Crippen MR) is 127 cm³/mol. The predicted octanol–water partition coefficient (Wildman–Crippen LogP) is 4.71. The van der Waals surface area contributed by atoms with E-state index in [0.29, 0.717) is 0 Å². The molecule has 3 N–H and O–H groups in total. The van der Waals surface area contributed by atoms with E-state index in [9.17, 15) is 35.5 Å². The maximum Gasteiger partial charge on any atom is 0.416 e. The van der Waals surface area contributed by atoms with Crippen LogP contribution in [0.3, 0.4) is 0 Å². The second-order valence-corrected chi connectivity index (χ2v) is 9.49. The van der Waals surface area contributed by atoms with Crippen LogP contribution in [0.25, 0.3) is 0 Å². The van der Waals surface area contributed by atoms with Crippen LogP contribution in [0.4, 0.5) is 46.8 Å². The maximum absolute atomic E-state index is 15.4. The van der Waals surface area contributed by atoms with Crippen molar-refractivity contribution in [1.29, 1.82) is 0 Å². The number of benzene rings is 1. The lowest BCUT2D eigenvalue weighted by Crippen LogP contribution is -2.52. The van der Waals surface area contributed by atoms with Crippen LogP contribution in [0.2, 0.25) is 0 Å². The molecule has 0 aliphatic carbocycles. The van der Waals surface area contributed by atoms with Crippen molar-refractivity contribution in [3.05, 3.63) is 47.5 Å². The van der Waals surface area contributed by atoms with Gasteiger partial charge in [-0.3, -0.25) is 9.69 Å². The summed E-state index contributed by atoms with van der Waals surface area (Å²) in [5.74, 6) is -10.7. The first-order valence-electron chi connectivity index (χ1n) is 11.6. The van der Waals surface area contributed by atoms with Gasteiger partial charge in [-0.15, -0.1) is 0 Å². The van der Waals surface area contributed by atoms with E-state index in [1.54, 1.807) is 0 Å². The Bertz CT molecular complexity index is 1160. The van der Waals surface area contributed by atoms with Crippen molar-refractivity contribution in [3.8, 4) is 0 Å².